The molecule has 0 aliphatic carbocycles. The topological polar surface area (TPSA) is 90.1 Å². The quantitative estimate of drug-likeness (QED) is 0.319. The van der Waals surface area contributed by atoms with E-state index in [4.69, 9.17) is 20.1 Å². The zero-order valence-electron chi connectivity index (χ0n) is 11.6. The number of aliphatic imine (C=N–C) groups is 1. The number of hydrogen-bond donors (Lipinski definition) is 3. The number of nitrogens with two attached hydrogens (primary N) is 1. The van der Waals surface area contributed by atoms with Crippen molar-refractivity contribution in [3.05, 3.63) is 12.1 Å². The molecular weight excluding hydrogens is 248 g/mol. The van der Waals surface area contributed by atoms with Gasteiger partial charge < -0.3 is 19.5 Å². The SMILES string of the molecule is CCN=C(NN)Nc1cc(OC)c(OC)c(OC)c1. The van der Waals surface area contributed by atoms with Gasteiger partial charge in [-0.2, -0.15) is 0 Å². The Labute approximate surface area is 112 Å². The van der Waals surface area contributed by atoms with E-state index in [1.165, 1.54) is 0 Å². The van der Waals surface area contributed by atoms with Crippen molar-refractivity contribution in [1.29, 1.82) is 0 Å². The number of ether oxygens (including phenoxy) is 3. The molecule has 0 amide bonds. The molecule has 1 aromatic carbocycles. The van der Waals surface area contributed by atoms with E-state index in [1.807, 2.05) is 6.92 Å². The Hall–Kier alpha value is -2.15. The summed E-state index contributed by atoms with van der Waals surface area (Å²) in [6, 6.07) is 3.54. The van der Waals surface area contributed by atoms with Crippen molar-refractivity contribution in [3.63, 3.8) is 0 Å². The molecule has 0 fully saturated rings. The van der Waals surface area contributed by atoms with Gasteiger partial charge in [0, 0.05) is 24.4 Å². The van der Waals surface area contributed by atoms with Crippen LogP contribution in [0.4, 0.5) is 5.69 Å². The summed E-state index contributed by atoms with van der Waals surface area (Å²) in [6.07, 6.45) is 0. The Kier molecular flexibility index (Phi) is 5.74. The Bertz CT molecular complexity index is 424. The number of guanidine groups is 1. The van der Waals surface area contributed by atoms with Crippen molar-refractivity contribution in [2.45, 2.75) is 6.92 Å². The average molecular weight is 268 g/mol. The summed E-state index contributed by atoms with van der Waals surface area (Å²) in [7, 11) is 4.67. The van der Waals surface area contributed by atoms with Crippen LogP contribution in [0.3, 0.4) is 0 Å². The predicted molar refractivity (Wildman–Crippen MR) is 75.0 cm³/mol. The Balaban J connectivity index is 3.12. The first kappa shape index (κ1) is 14.9. The lowest BCUT2D eigenvalue weighted by molar-refractivity contribution is 0.324. The van der Waals surface area contributed by atoms with Crippen LogP contribution in [0.15, 0.2) is 17.1 Å². The van der Waals surface area contributed by atoms with E-state index < -0.39 is 0 Å². The van der Waals surface area contributed by atoms with Gasteiger partial charge in [0.15, 0.2) is 11.5 Å². The van der Waals surface area contributed by atoms with Crippen LogP contribution in [0.5, 0.6) is 17.2 Å². The summed E-state index contributed by atoms with van der Waals surface area (Å²) >= 11 is 0. The van der Waals surface area contributed by atoms with Gasteiger partial charge in [0.1, 0.15) is 0 Å². The van der Waals surface area contributed by atoms with Crippen LogP contribution in [-0.4, -0.2) is 33.8 Å². The van der Waals surface area contributed by atoms with Gasteiger partial charge in [-0.25, -0.2) is 5.84 Å². The molecule has 106 valence electrons. The molecule has 1 aromatic rings. The van der Waals surface area contributed by atoms with E-state index in [0.29, 0.717) is 29.8 Å². The molecule has 0 saturated heterocycles. The van der Waals surface area contributed by atoms with Crippen molar-refractivity contribution >= 4 is 11.6 Å². The van der Waals surface area contributed by atoms with Gasteiger partial charge in [0.25, 0.3) is 0 Å². The van der Waals surface area contributed by atoms with Gasteiger partial charge in [0.2, 0.25) is 11.7 Å². The van der Waals surface area contributed by atoms with Crippen LogP contribution in [0.1, 0.15) is 6.92 Å². The molecule has 0 heterocycles. The van der Waals surface area contributed by atoms with E-state index >= 15 is 0 Å². The Morgan fingerprint density at radius 3 is 2.11 bits per heavy atom. The summed E-state index contributed by atoms with van der Waals surface area (Å²) in [5, 5.41) is 3.03. The van der Waals surface area contributed by atoms with Gasteiger partial charge in [-0.05, 0) is 6.92 Å². The molecule has 7 nitrogen and oxygen atoms in total. The molecule has 0 bridgehead atoms. The molecule has 0 spiro atoms. The zero-order chi connectivity index (χ0) is 14.3. The van der Waals surface area contributed by atoms with Crippen molar-refractivity contribution in [3.8, 4) is 17.2 Å². The maximum Gasteiger partial charge on any atom is 0.210 e. The minimum atomic E-state index is 0.455. The van der Waals surface area contributed by atoms with Crippen molar-refractivity contribution in [1.82, 2.24) is 5.43 Å². The van der Waals surface area contributed by atoms with Crippen LogP contribution in [-0.2, 0) is 0 Å². The van der Waals surface area contributed by atoms with E-state index in [9.17, 15) is 0 Å². The number of anilines is 1. The first-order valence-electron chi connectivity index (χ1n) is 5.78. The second kappa shape index (κ2) is 7.32. The highest BCUT2D eigenvalue weighted by Gasteiger charge is 2.13. The average Bonchev–Trinajstić information content (AvgIpc) is 2.45. The smallest absolute Gasteiger partial charge is 0.210 e. The highest BCUT2D eigenvalue weighted by Crippen LogP contribution is 2.39. The van der Waals surface area contributed by atoms with Crippen molar-refractivity contribution in [2.24, 2.45) is 10.8 Å². The van der Waals surface area contributed by atoms with Crippen LogP contribution in [0, 0.1) is 0 Å². The maximum absolute atomic E-state index is 5.37. The lowest BCUT2D eigenvalue weighted by Gasteiger charge is -2.15. The lowest BCUT2D eigenvalue weighted by Crippen LogP contribution is -2.36. The molecule has 19 heavy (non-hydrogen) atoms. The second-order valence-electron chi connectivity index (χ2n) is 3.51. The normalized spacial score (nSPS) is 10.9. The minimum Gasteiger partial charge on any atom is -0.493 e. The molecule has 0 radical (unpaired) electrons. The van der Waals surface area contributed by atoms with E-state index in [-0.39, 0.29) is 0 Å². The molecular formula is C12H20N4O3. The Morgan fingerprint density at radius 1 is 1.16 bits per heavy atom. The Morgan fingerprint density at radius 2 is 1.74 bits per heavy atom. The number of hydrazine groups is 1. The number of benzene rings is 1. The largest absolute Gasteiger partial charge is 0.493 e. The fourth-order valence-electron chi connectivity index (χ4n) is 1.57. The molecule has 0 aromatic heterocycles. The first-order valence-corrected chi connectivity index (χ1v) is 5.78. The molecule has 0 atom stereocenters. The summed E-state index contributed by atoms with van der Waals surface area (Å²) in [4.78, 5) is 4.15. The second-order valence-corrected chi connectivity index (χ2v) is 3.51. The lowest BCUT2D eigenvalue weighted by atomic mass is 10.2. The summed E-state index contributed by atoms with van der Waals surface area (Å²) in [5.41, 5.74) is 3.20. The number of methoxy groups -OCH3 is 3. The number of nitrogens with one attached hydrogen (secondary N) is 2. The summed E-state index contributed by atoms with van der Waals surface area (Å²) < 4.78 is 15.8. The maximum atomic E-state index is 5.37. The fourth-order valence-corrected chi connectivity index (χ4v) is 1.57. The van der Waals surface area contributed by atoms with E-state index in [1.54, 1.807) is 33.5 Å². The van der Waals surface area contributed by atoms with Gasteiger partial charge >= 0.3 is 0 Å². The van der Waals surface area contributed by atoms with E-state index in [0.717, 1.165) is 5.69 Å². The standard InChI is InChI=1S/C12H20N4O3/c1-5-14-12(16-13)15-8-6-9(17-2)11(19-4)10(7-8)18-3/h6-7H,5,13H2,1-4H3,(H2,14,15,16). The van der Waals surface area contributed by atoms with Gasteiger partial charge in [-0.15, -0.1) is 0 Å². The molecule has 1 rings (SSSR count). The molecule has 4 N–H and O–H groups in total. The number of rotatable bonds is 5. The number of hydrogen-bond acceptors (Lipinski definition) is 5. The molecule has 0 aliphatic rings. The van der Waals surface area contributed by atoms with Crippen LogP contribution in [0.25, 0.3) is 0 Å². The first-order chi connectivity index (χ1) is 9.19. The molecule has 0 aliphatic heterocycles. The van der Waals surface area contributed by atoms with Crippen LogP contribution in [0.2, 0.25) is 0 Å². The third-order valence-corrected chi connectivity index (χ3v) is 2.38. The minimum absolute atomic E-state index is 0.455. The van der Waals surface area contributed by atoms with Gasteiger partial charge in [-0.3, -0.25) is 10.4 Å². The van der Waals surface area contributed by atoms with Gasteiger partial charge in [0.05, 0.1) is 21.3 Å². The summed E-state index contributed by atoms with van der Waals surface area (Å²) in [6.45, 7) is 2.52. The third-order valence-electron chi connectivity index (χ3n) is 2.38. The summed E-state index contributed by atoms with van der Waals surface area (Å²) in [5.74, 6) is 7.47. The fraction of sp³-hybridized carbons (Fsp3) is 0.417. The predicted octanol–water partition coefficient (Wildman–Crippen LogP) is 0.964. The van der Waals surface area contributed by atoms with E-state index in [2.05, 4.69) is 15.7 Å². The van der Waals surface area contributed by atoms with Gasteiger partial charge in [-0.1, -0.05) is 0 Å². The van der Waals surface area contributed by atoms with Crippen LogP contribution >= 0.6 is 0 Å². The molecule has 0 saturated carbocycles. The molecule has 7 heteroatoms. The highest BCUT2D eigenvalue weighted by molar-refractivity contribution is 5.93. The third kappa shape index (κ3) is 3.65. The number of nitrogens with zero attached hydrogens (tertiary/aromatic N) is 1. The monoisotopic (exact) mass is 268 g/mol. The molecule has 0 unspecified atom stereocenters. The van der Waals surface area contributed by atoms with Crippen LogP contribution < -0.4 is 30.8 Å². The highest BCUT2D eigenvalue weighted by atomic mass is 16.5. The van der Waals surface area contributed by atoms with Crippen molar-refractivity contribution in [2.75, 3.05) is 33.2 Å². The zero-order valence-corrected chi connectivity index (χ0v) is 11.6. The van der Waals surface area contributed by atoms with Crippen molar-refractivity contribution < 1.29 is 14.2 Å².